The van der Waals surface area contributed by atoms with E-state index in [9.17, 15) is 0 Å². The number of nitrogens with zero attached hydrogens (tertiary/aromatic N) is 4. The monoisotopic (exact) mass is 838 g/mol. The zero-order valence-corrected chi connectivity index (χ0v) is 35.4. The molecule has 0 saturated carbocycles. The first-order valence-electron chi connectivity index (χ1n) is 21.1. The van der Waals surface area contributed by atoms with Gasteiger partial charge >= 0.3 is 0 Å². The molecule has 0 spiro atoms. The first kappa shape index (κ1) is 35.9. The molecule has 13 rings (SSSR count). The quantitative estimate of drug-likeness (QED) is 0.168. The van der Waals surface area contributed by atoms with Crippen LogP contribution in [0.5, 0.6) is 0 Å². The van der Waals surface area contributed by atoms with E-state index in [1.54, 1.807) is 0 Å². The fourth-order valence-electron chi connectivity index (χ4n) is 9.39. The van der Waals surface area contributed by atoms with E-state index in [1.807, 2.05) is 83.3 Å². The van der Waals surface area contributed by atoms with Crippen LogP contribution in [0, 0.1) is 0 Å². The second-order valence-corrected chi connectivity index (χ2v) is 18.1. The van der Waals surface area contributed by atoms with Crippen LogP contribution in [0.3, 0.4) is 0 Å². The fourth-order valence-corrected chi connectivity index (χ4v) is 11.6. The number of fused-ring (bicyclic) bond motifs is 9. The summed E-state index contributed by atoms with van der Waals surface area (Å²) in [4.78, 5) is 15.0. The number of aromatic nitrogens is 4. The summed E-state index contributed by atoms with van der Waals surface area (Å²) in [7, 11) is 0. The summed E-state index contributed by atoms with van der Waals surface area (Å²) in [6.45, 7) is 0. The summed E-state index contributed by atoms with van der Waals surface area (Å²) < 4.78 is 7.66. The Bertz CT molecular complexity index is 3790. The molecule has 0 aliphatic heterocycles. The van der Waals surface area contributed by atoms with Gasteiger partial charge in [-0.15, -0.1) is 22.7 Å². The van der Waals surface area contributed by atoms with Crippen molar-refractivity contribution in [1.82, 2.24) is 19.5 Å². The minimum absolute atomic E-state index is 0.635. The van der Waals surface area contributed by atoms with Gasteiger partial charge in [0.05, 0.1) is 16.7 Å². The number of rotatable bonds is 6. The van der Waals surface area contributed by atoms with Gasteiger partial charge in [0.25, 0.3) is 0 Å². The number of benzene rings is 9. The summed E-state index contributed by atoms with van der Waals surface area (Å²) >= 11 is 3.73. The van der Waals surface area contributed by atoms with Gasteiger partial charge in [-0.25, -0.2) is 15.0 Å². The lowest BCUT2D eigenvalue weighted by Gasteiger charge is -2.17. The van der Waals surface area contributed by atoms with Gasteiger partial charge < -0.3 is 4.57 Å². The van der Waals surface area contributed by atoms with Crippen molar-refractivity contribution in [3.05, 3.63) is 206 Å². The molecule has 0 atom stereocenters. The van der Waals surface area contributed by atoms with Crippen molar-refractivity contribution >= 4 is 84.8 Å². The molecule has 0 aliphatic rings. The molecule has 13 aromatic rings. The van der Waals surface area contributed by atoms with Crippen LogP contribution in [-0.4, -0.2) is 19.5 Å². The third-order valence-corrected chi connectivity index (χ3v) is 14.6. The van der Waals surface area contributed by atoms with E-state index < -0.39 is 0 Å². The third-order valence-electron chi connectivity index (χ3n) is 12.3. The number of hydrogen-bond donors (Lipinski definition) is 0. The Morgan fingerprint density at radius 3 is 1.44 bits per heavy atom. The average molecular weight is 839 g/mol. The van der Waals surface area contributed by atoms with Crippen LogP contribution < -0.4 is 0 Å². The molecule has 0 saturated heterocycles. The Morgan fingerprint density at radius 2 is 0.778 bits per heavy atom. The standard InChI is InChI=1S/C57H34N4S2/c1-3-14-36(15-4-1)55-58-56(37-16-5-2-6-17-37)60-57(59-55)38-28-26-35(27-29-38)41-31-33-51-53(54(41)61-46-22-10-7-18-42(46)43-19-8-11-23-47(43)61)52-40(21-13-25-50(52)63-51)39-30-32-49-45(34-39)44-20-9-12-24-48(44)62-49/h1-34H. The molecule has 4 aromatic heterocycles. The molecule has 0 unspecified atom stereocenters. The minimum Gasteiger partial charge on any atom is -0.308 e. The van der Waals surface area contributed by atoms with Gasteiger partial charge in [0.15, 0.2) is 17.5 Å². The lowest BCUT2D eigenvalue weighted by molar-refractivity contribution is 1.07. The highest BCUT2D eigenvalue weighted by Crippen LogP contribution is 2.48. The maximum absolute atomic E-state index is 5.04. The molecule has 9 aromatic carbocycles. The topological polar surface area (TPSA) is 43.6 Å². The molecule has 0 fully saturated rings. The SMILES string of the molecule is c1ccc(-c2nc(-c3ccccc3)nc(-c3ccc(-c4ccc5sc6cccc(-c7ccc8sc9ccccc9c8c7)c6c5c4-n4c5ccccc5c5ccccc54)cc3)n2)cc1. The van der Waals surface area contributed by atoms with E-state index >= 15 is 0 Å². The van der Waals surface area contributed by atoms with E-state index in [4.69, 9.17) is 15.0 Å². The number of hydrogen-bond acceptors (Lipinski definition) is 5. The van der Waals surface area contributed by atoms with Crippen molar-refractivity contribution in [1.29, 1.82) is 0 Å². The maximum Gasteiger partial charge on any atom is 0.164 e. The normalized spacial score (nSPS) is 11.8. The fraction of sp³-hybridized carbons (Fsp3) is 0. The Hall–Kier alpha value is -7.77. The summed E-state index contributed by atoms with van der Waals surface area (Å²) in [6.07, 6.45) is 0. The zero-order chi connectivity index (χ0) is 41.4. The molecule has 6 heteroatoms. The van der Waals surface area contributed by atoms with Gasteiger partial charge in [0, 0.05) is 73.4 Å². The van der Waals surface area contributed by atoms with Crippen LogP contribution in [-0.2, 0) is 0 Å². The van der Waals surface area contributed by atoms with E-state index in [0.717, 1.165) is 27.8 Å². The third kappa shape index (κ3) is 5.83. The number of thiophene rings is 2. The van der Waals surface area contributed by atoms with Crippen molar-refractivity contribution in [3.8, 4) is 62.1 Å². The smallest absolute Gasteiger partial charge is 0.164 e. The first-order valence-corrected chi connectivity index (χ1v) is 22.7. The molecule has 0 radical (unpaired) electrons. The molecular weight excluding hydrogens is 805 g/mol. The highest BCUT2D eigenvalue weighted by atomic mass is 32.1. The van der Waals surface area contributed by atoms with Crippen molar-refractivity contribution in [2.24, 2.45) is 0 Å². The van der Waals surface area contributed by atoms with Crippen LogP contribution in [0.1, 0.15) is 0 Å². The molecular formula is C57H34N4S2. The van der Waals surface area contributed by atoms with Gasteiger partial charge in [-0.05, 0) is 59.2 Å². The van der Waals surface area contributed by atoms with Crippen LogP contribution in [0.15, 0.2) is 206 Å². The van der Waals surface area contributed by atoms with Gasteiger partial charge in [0.1, 0.15) is 0 Å². The average Bonchev–Trinajstić information content (AvgIpc) is 4.04. The summed E-state index contributed by atoms with van der Waals surface area (Å²) in [5.41, 5.74) is 11.1. The van der Waals surface area contributed by atoms with Gasteiger partial charge in [-0.2, -0.15) is 0 Å². The Kier molecular flexibility index (Phi) is 8.22. The molecule has 4 nitrogen and oxygen atoms in total. The summed E-state index contributed by atoms with van der Waals surface area (Å²) in [5, 5.41) is 7.62. The largest absolute Gasteiger partial charge is 0.308 e. The molecule has 63 heavy (non-hydrogen) atoms. The number of para-hydroxylation sites is 2. The maximum atomic E-state index is 5.04. The summed E-state index contributed by atoms with van der Waals surface area (Å²) in [6, 6.07) is 74.0. The molecule has 0 aliphatic carbocycles. The van der Waals surface area contributed by atoms with E-state index in [2.05, 4.69) is 150 Å². The molecule has 0 N–H and O–H groups in total. The van der Waals surface area contributed by atoms with Gasteiger partial charge in [0.2, 0.25) is 0 Å². The second kappa shape index (κ2) is 14.4. The van der Waals surface area contributed by atoms with Crippen molar-refractivity contribution < 1.29 is 0 Å². The Balaban J connectivity index is 1.06. The van der Waals surface area contributed by atoms with Gasteiger partial charge in [-0.3, -0.25) is 0 Å². The Labute approximate surface area is 370 Å². The predicted octanol–water partition coefficient (Wildman–Crippen LogP) is 16.0. The van der Waals surface area contributed by atoms with Crippen molar-refractivity contribution in [2.75, 3.05) is 0 Å². The highest BCUT2D eigenvalue weighted by molar-refractivity contribution is 7.26. The van der Waals surface area contributed by atoms with Gasteiger partial charge in [-0.1, -0.05) is 164 Å². The zero-order valence-electron chi connectivity index (χ0n) is 33.7. The van der Waals surface area contributed by atoms with Crippen molar-refractivity contribution in [2.45, 2.75) is 0 Å². The summed E-state index contributed by atoms with van der Waals surface area (Å²) in [5.74, 6) is 1.93. The van der Waals surface area contributed by atoms with Crippen LogP contribution in [0.4, 0.5) is 0 Å². The highest BCUT2D eigenvalue weighted by Gasteiger charge is 2.23. The lowest BCUT2D eigenvalue weighted by atomic mass is 9.94. The van der Waals surface area contributed by atoms with Crippen LogP contribution >= 0.6 is 22.7 Å². The minimum atomic E-state index is 0.635. The van der Waals surface area contributed by atoms with Crippen LogP contribution in [0.2, 0.25) is 0 Å². The lowest BCUT2D eigenvalue weighted by Crippen LogP contribution is -2.00. The molecule has 0 amide bonds. The van der Waals surface area contributed by atoms with E-state index in [-0.39, 0.29) is 0 Å². The molecule has 0 bridgehead atoms. The first-order chi connectivity index (χ1) is 31.2. The van der Waals surface area contributed by atoms with E-state index in [0.29, 0.717) is 17.5 Å². The van der Waals surface area contributed by atoms with Crippen LogP contribution in [0.25, 0.3) is 124 Å². The van der Waals surface area contributed by atoms with Crippen molar-refractivity contribution in [3.63, 3.8) is 0 Å². The Morgan fingerprint density at radius 1 is 0.302 bits per heavy atom. The second-order valence-electron chi connectivity index (χ2n) is 15.9. The molecule has 4 heterocycles. The predicted molar refractivity (Wildman–Crippen MR) is 267 cm³/mol. The molecule has 294 valence electrons. The van der Waals surface area contributed by atoms with E-state index in [1.165, 1.54) is 79.0 Å².